The van der Waals surface area contributed by atoms with E-state index < -0.39 is 0 Å². The van der Waals surface area contributed by atoms with Gasteiger partial charge in [-0.15, -0.1) is 15.3 Å². The lowest BCUT2D eigenvalue weighted by atomic mass is 10.3. The third-order valence-corrected chi connectivity index (χ3v) is 2.66. The molecule has 0 aromatic carbocycles. The Balaban J connectivity index is 2.13. The Morgan fingerprint density at radius 3 is 3.00 bits per heavy atom. The van der Waals surface area contributed by atoms with Gasteiger partial charge in [0, 0.05) is 6.54 Å². The van der Waals surface area contributed by atoms with Gasteiger partial charge < -0.3 is 15.6 Å². The summed E-state index contributed by atoms with van der Waals surface area (Å²) in [5, 5.41) is 18.7. The molecule has 0 saturated heterocycles. The second-order valence-electron chi connectivity index (χ2n) is 3.54. The molecule has 3 N–H and O–H groups in total. The topological polar surface area (TPSA) is 94.5 Å². The Hall–Kier alpha value is -2.09. The van der Waals surface area contributed by atoms with Gasteiger partial charge >= 0.3 is 0 Å². The Labute approximate surface area is 109 Å². The van der Waals surface area contributed by atoms with Crippen LogP contribution in [0.2, 0.25) is 0 Å². The van der Waals surface area contributed by atoms with Gasteiger partial charge in [-0.05, 0) is 13.0 Å². The molecule has 0 saturated carbocycles. The minimum atomic E-state index is 0.282. The summed E-state index contributed by atoms with van der Waals surface area (Å²) in [6.45, 7) is 3.32. The summed E-state index contributed by atoms with van der Waals surface area (Å²) in [4.78, 5) is 0.282. The van der Waals surface area contributed by atoms with E-state index >= 15 is 0 Å². The van der Waals surface area contributed by atoms with Crippen molar-refractivity contribution in [3.05, 3.63) is 30.0 Å². The minimum absolute atomic E-state index is 0.282. The van der Waals surface area contributed by atoms with Crippen molar-refractivity contribution in [1.29, 1.82) is 0 Å². The Bertz CT molecular complexity index is 551. The van der Waals surface area contributed by atoms with Gasteiger partial charge in [0.15, 0.2) is 11.6 Å². The number of thiocarbonyl (C=S) groups is 1. The molecule has 0 aliphatic heterocycles. The first-order chi connectivity index (χ1) is 8.72. The third kappa shape index (κ3) is 2.59. The maximum atomic E-state index is 5.61. The Morgan fingerprint density at radius 2 is 2.28 bits per heavy atom. The van der Waals surface area contributed by atoms with Gasteiger partial charge in [0.25, 0.3) is 0 Å². The molecule has 0 atom stereocenters. The van der Waals surface area contributed by atoms with Gasteiger partial charge in [-0.25, -0.2) is 0 Å². The maximum absolute atomic E-state index is 5.61. The molecule has 0 spiro atoms. The zero-order valence-electron chi connectivity index (χ0n) is 9.87. The molecule has 8 heteroatoms. The highest BCUT2D eigenvalue weighted by Gasteiger charge is 2.08. The average Bonchev–Trinajstić information content (AvgIpc) is 2.84. The highest BCUT2D eigenvalue weighted by atomic mass is 32.1. The zero-order chi connectivity index (χ0) is 13.0. The number of nitrogens with two attached hydrogens (primary N) is 1. The number of aromatic nitrogens is 5. The molecular formula is C10H13N7S. The van der Waals surface area contributed by atoms with E-state index in [0.29, 0.717) is 17.9 Å². The molecule has 0 bridgehead atoms. The summed E-state index contributed by atoms with van der Waals surface area (Å²) in [5.41, 5.74) is 6.28. The number of nitrogens with zero attached hydrogens (tertiary/aromatic N) is 5. The molecule has 2 aromatic heterocycles. The van der Waals surface area contributed by atoms with Crippen molar-refractivity contribution in [2.75, 3.05) is 5.32 Å². The fourth-order valence-corrected chi connectivity index (χ4v) is 1.67. The van der Waals surface area contributed by atoms with Crippen LogP contribution in [0.1, 0.15) is 18.3 Å². The molecule has 0 unspecified atom stereocenters. The van der Waals surface area contributed by atoms with E-state index in [1.54, 1.807) is 18.6 Å². The van der Waals surface area contributed by atoms with E-state index in [0.717, 1.165) is 12.4 Å². The largest absolute Gasteiger partial charge is 0.389 e. The van der Waals surface area contributed by atoms with E-state index in [1.807, 2.05) is 11.5 Å². The summed E-state index contributed by atoms with van der Waals surface area (Å²) < 4.78 is 1.93. The van der Waals surface area contributed by atoms with Gasteiger partial charge in [0.1, 0.15) is 11.3 Å². The van der Waals surface area contributed by atoms with Crippen LogP contribution < -0.4 is 11.1 Å². The van der Waals surface area contributed by atoms with Gasteiger partial charge in [-0.2, -0.15) is 5.10 Å². The molecule has 2 heterocycles. The van der Waals surface area contributed by atoms with Gasteiger partial charge in [-0.1, -0.05) is 12.2 Å². The summed E-state index contributed by atoms with van der Waals surface area (Å²) in [6, 6.07) is 1.72. The standard InChI is InChI=1S/C10H13N7S/c1-2-17-6-14-15-8(17)5-12-10-7(9(11)18)3-4-13-16-10/h3-4,6H,2,5H2,1H3,(H2,11,18)(H,12,16). The lowest BCUT2D eigenvalue weighted by Crippen LogP contribution is -2.16. The van der Waals surface area contributed by atoms with Crippen LogP contribution in [0.4, 0.5) is 5.82 Å². The molecule has 0 aliphatic rings. The molecule has 0 fully saturated rings. The maximum Gasteiger partial charge on any atom is 0.159 e. The molecule has 0 amide bonds. The van der Waals surface area contributed by atoms with Crippen LogP contribution in [0, 0.1) is 0 Å². The summed E-state index contributed by atoms with van der Waals surface area (Å²) in [5.74, 6) is 1.37. The van der Waals surface area contributed by atoms with Crippen LogP contribution in [0.3, 0.4) is 0 Å². The van der Waals surface area contributed by atoms with E-state index in [1.165, 1.54) is 0 Å². The smallest absolute Gasteiger partial charge is 0.159 e. The highest BCUT2D eigenvalue weighted by Crippen LogP contribution is 2.10. The van der Waals surface area contributed by atoms with Crippen LogP contribution in [-0.2, 0) is 13.1 Å². The van der Waals surface area contributed by atoms with Crippen LogP contribution >= 0.6 is 12.2 Å². The lowest BCUT2D eigenvalue weighted by molar-refractivity contribution is 0.706. The molecule has 2 aromatic rings. The van der Waals surface area contributed by atoms with Crippen molar-refractivity contribution in [1.82, 2.24) is 25.0 Å². The number of rotatable bonds is 5. The summed E-state index contributed by atoms with van der Waals surface area (Å²) in [7, 11) is 0. The van der Waals surface area contributed by atoms with Crippen molar-refractivity contribution in [2.24, 2.45) is 5.73 Å². The Kier molecular flexibility index (Phi) is 3.78. The van der Waals surface area contributed by atoms with Crippen molar-refractivity contribution < 1.29 is 0 Å². The second-order valence-corrected chi connectivity index (χ2v) is 3.98. The van der Waals surface area contributed by atoms with Crippen LogP contribution in [0.5, 0.6) is 0 Å². The number of hydrogen-bond acceptors (Lipinski definition) is 6. The number of anilines is 1. The predicted octanol–water partition coefficient (Wildman–Crippen LogP) is 0.334. The van der Waals surface area contributed by atoms with E-state index in [-0.39, 0.29) is 4.99 Å². The normalized spacial score (nSPS) is 10.3. The van der Waals surface area contributed by atoms with Gasteiger partial charge in [0.05, 0.1) is 18.3 Å². The number of nitrogens with one attached hydrogen (secondary N) is 1. The summed E-state index contributed by atoms with van der Waals surface area (Å²) >= 11 is 4.95. The molecule has 2 rings (SSSR count). The van der Waals surface area contributed by atoms with Crippen molar-refractivity contribution in [3.8, 4) is 0 Å². The number of hydrogen-bond donors (Lipinski definition) is 2. The molecule has 94 valence electrons. The quantitative estimate of drug-likeness (QED) is 0.751. The van der Waals surface area contributed by atoms with Crippen molar-refractivity contribution in [3.63, 3.8) is 0 Å². The van der Waals surface area contributed by atoms with Crippen molar-refractivity contribution in [2.45, 2.75) is 20.0 Å². The van der Waals surface area contributed by atoms with E-state index in [9.17, 15) is 0 Å². The Morgan fingerprint density at radius 1 is 1.44 bits per heavy atom. The first-order valence-corrected chi connectivity index (χ1v) is 5.85. The highest BCUT2D eigenvalue weighted by molar-refractivity contribution is 7.80. The van der Waals surface area contributed by atoms with Gasteiger partial charge in [-0.3, -0.25) is 0 Å². The SMILES string of the molecule is CCn1cnnc1CNc1nnccc1C(N)=S. The van der Waals surface area contributed by atoms with Gasteiger partial charge in [0.2, 0.25) is 0 Å². The third-order valence-electron chi connectivity index (χ3n) is 2.44. The zero-order valence-corrected chi connectivity index (χ0v) is 10.7. The minimum Gasteiger partial charge on any atom is -0.389 e. The van der Waals surface area contributed by atoms with Crippen molar-refractivity contribution >= 4 is 23.0 Å². The molecule has 0 radical (unpaired) electrons. The monoisotopic (exact) mass is 263 g/mol. The van der Waals surface area contributed by atoms with Crippen LogP contribution in [0.25, 0.3) is 0 Å². The fraction of sp³-hybridized carbons (Fsp3) is 0.300. The van der Waals surface area contributed by atoms with E-state index in [2.05, 4.69) is 25.7 Å². The van der Waals surface area contributed by atoms with Crippen LogP contribution in [-0.4, -0.2) is 30.0 Å². The average molecular weight is 263 g/mol. The first kappa shape index (κ1) is 12.4. The molecular weight excluding hydrogens is 250 g/mol. The molecule has 18 heavy (non-hydrogen) atoms. The second kappa shape index (κ2) is 5.50. The van der Waals surface area contributed by atoms with Crippen LogP contribution in [0.15, 0.2) is 18.6 Å². The first-order valence-electron chi connectivity index (χ1n) is 5.44. The molecule has 7 nitrogen and oxygen atoms in total. The lowest BCUT2D eigenvalue weighted by Gasteiger charge is -2.08. The predicted molar refractivity (Wildman–Crippen MR) is 70.9 cm³/mol. The fourth-order valence-electron chi connectivity index (χ4n) is 1.50. The summed E-state index contributed by atoms with van der Waals surface area (Å²) in [6.07, 6.45) is 3.23. The van der Waals surface area contributed by atoms with E-state index in [4.69, 9.17) is 18.0 Å². The molecule has 0 aliphatic carbocycles. The number of aryl methyl sites for hydroxylation is 1.